The molecule has 0 amide bonds. The number of benzene rings is 2. The number of rotatable bonds is 8. The molecule has 0 bridgehead atoms. The zero-order valence-electron chi connectivity index (χ0n) is 24.7. The van der Waals surface area contributed by atoms with Crippen LogP contribution in [-0.4, -0.2) is 122 Å². The average Bonchev–Trinajstić information content (AvgIpc) is 3.06. The lowest BCUT2D eigenvalue weighted by Crippen LogP contribution is -2.59. The molecule has 45 heavy (non-hydrogen) atoms. The first kappa shape index (κ1) is 33.4. The highest BCUT2D eigenvalue weighted by Gasteiger charge is 2.45. The van der Waals surface area contributed by atoms with E-state index in [9.17, 15) is 45.6 Å². The van der Waals surface area contributed by atoms with Gasteiger partial charge in [-0.3, -0.25) is 4.79 Å². The fourth-order valence-electron chi connectivity index (χ4n) is 6.34. The van der Waals surface area contributed by atoms with Crippen molar-refractivity contribution >= 4 is 5.97 Å². The first-order valence-corrected chi connectivity index (χ1v) is 14.9. The number of methoxy groups -OCH3 is 1. The highest BCUT2D eigenvalue weighted by atomic mass is 16.6. The smallest absolute Gasteiger partial charge is 0.309 e. The predicted molar refractivity (Wildman–Crippen MR) is 159 cm³/mol. The Labute approximate surface area is 260 Å². The largest absolute Gasteiger partial charge is 0.469 e. The molecular formula is C33H40O12. The lowest BCUT2D eigenvalue weighted by molar-refractivity contribution is -0.231. The highest BCUT2D eigenvalue weighted by Crippen LogP contribution is 2.39. The lowest BCUT2D eigenvalue weighted by atomic mass is 9.80. The summed E-state index contributed by atoms with van der Waals surface area (Å²) in [6.45, 7) is -1.07. The van der Waals surface area contributed by atoms with Crippen LogP contribution in [0.3, 0.4) is 0 Å². The quantitative estimate of drug-likeness (QED) is 0.173. The molecule has 0 spiro atoms. The van der Waals surface area contributed by atoms with E-state index >= 15 is 0 Å². The molecule has 244 valence electrons. The standard InChI is InChI=1S/C33H40O12/c1-43-25(36)13-21-11-17(16-4-2-6-19(10-16)32-30(41)28(39)26(37)23(14-34)44-32)8-9-22(21)18-5-3-7-20(12-18)33-31(42)29(40)27(38)24(15-35)45-33/h2-11,18,23-24,26-35,37-42H,12-15H2,1H3/t18?,23?,24?,26-,27-,28+,29?,30?,31+,32-,33-/m1/s1. The number of esters is 1. The van der Waals surface area contributed by atoms with Crippen molar-refractivity contribution in [2.24, 2.45) is 0 Å². The second-order valence-corrected chi connectivity index (χ2v) is 11.7. The molecule has 0 aromatic heterocycles. The highest BCUT2D eigenvalue weighted by molar-refractivity contribution is 5.75. The number of hydrogen-bond donors (Lipinski definition) is 8. The van der Waals surface area contributed by atoms with Crippen LogP contribution in [0.4, 0.5) is 0 Å². The summed E-state index contributed by atoms with van der Waals surface area (Å²) in [6, 6.07) is 12.7. The first-order valence-electron chi connectivity index (χ1n) is 14.9. The van der Waals surface area contributed by atoms with E-state index < -0.39 is 80.2 Å². The summed E-state index contributed by atoms with van der Waals surface area (Å²) in [6.07, 6.45) is -6.98. The number of hydrogen-bond acceptors (Lipinski definition) is 12. The van der Waals surface area contributed by atoms with E-state index in [0.717, 1.165) is 16.7 Å². The van der Waals surface area contributed by atoms with E-state index in [4.69, 9.17) is 14.2 Å². The Morgan fingerprint density at radius 2 is 1.42 bits per heavy atom. The Morgan fingerprint density at radius 1 is 0.800 bits per heavy atom. The molecule has 8 N–H and O–H groups in total. The second-order valence-electron chi connectivity index (χ2n) is 11.7. The van der Waals surface area contributed by atoms with Gasteiger partial charge in [0.25, 0.3) is 0 Å². The Kier molecular flexibility index (Phi) is 10.5. The van der Waals surface area contributed by atoms with Gasteiger partial charge in [0, 0.05) is 5.92 Å². The zero-order valence-corrected chi connectivity index (χ0v) is 24.7. The van der Waals surface area contributed by atoms with Crippen LogP contribution in [0.2, 0.25) is 0 Å². The molecular weight excluding hydrogens is 588 g/mol. The van der Waals surface area contributed by atoms with Gasteiger partial charge in [0.05, 0.1) is 26.7 Å². The Morgan fingerprint density at radius 3 is 2.07 bits per heavy atom. The van der Waals surface area contributed by atoms with Crippen molar-refractivity contribution in [1.29, 1.82) is 0 Å². The van der Waals surface area contributed by atoms with Crippen LogP contribution < -0.4 is 0 Å². The SMILES string of the molecule is COC(=O)Cc1cc(-c2cccc([C@H]3OC(CO)[C@@H](O)[C@H](O)C3O)c2)ccc1C1C=CC=C([C@H]2OC(CO)[C@@H](O)C(O)[C@@H]2O)C1. The molecule has 2 aliphatic heterocycles. The van der Waals surface area contributed by atoms with Crippen LogP contribution in [0.15, 0.2) is 66.3 Å². The topological polar surface area (TPSA) is 207 Å². The van der Waals surface area contributed by atoms with Crippen molar-refractivity contribution in [2.45, 2.75) is 79.8 Å². The number of allylic oxidation sites excluding steroid dienone is 3. The van der Waals surface area contributed by atoms with Crippen molar-refractivity contribution < 1.29 is 59.9 Å². The maximum absolute atomic E-state index is 12.5. The van der Waals surface area contributed by atoms with E-state index in [1.165, 1.54) is 7.11 Å². The predicted octanol–water partition coefficient (Wildman–Crippen LogP) is -0.604. The maximum atomic E-state index is 12.5. The molecule has 0 radical (unpaired) electrons. The van der Waals surface area contributed by atoms with E-state index in [1.54, 1.807) is 30.4 Å². The van der Waals surface area contributed by atoms with Crippen LogP contribution >= 0.6 is 0 Å². The molecule has 0 saturated carbocycles. The van der Waals surface area contributed by atoms with Gasteiger partial charge >= 0.3 is 5.97 Å². The molecule has 12 nitrogen and oxygen atoms in total. The molecule has 5 unspecified atom stereocenters. The molecule has 2 aromatic rings. The van der Waals surface area contributed by atoms with Crippen LogP contribution in [-0.2, 0) is 25.4 Å². The minimum absolute atomic E-state index is 0.0322. The monoisotopic (exact) mass is 628 g/mol. The van der Waals surface area contributed by atoms with E-state index in [2.05, 4.69) is 0 Å². The van der Waals surface area contributed by atoms with Crippen molar-refractivity contribution in [3.05, 3.63) is 83.0 Å². The third-order valence-corrected chi connectivity index (χ3v) is 8.91. The van der Waals surface area contributed by atoms with Gasteiger partial charge in [-0.2, -0.15) is 0 Å². The van der Waals surface area contributed by atoms with Crippen LogP contribution in [0.5, 0.6) is 0 Å². The van der Waals surface area contributed by atoms with Gasteiger partial charge < -0.3 is 55.1 Å². The molecule has 1 aliphatic carbocycles. The van der Waals surface area contributed by atoms with Crippen molar-refractivity contribution in [3.63, 3.8) is 0 Å². The minimum atomic E-state index is -1.51. The molecule has 2 heterocycles. The third kappa shape index (κ3) is 6.76. The summed E-state index contributed by atoms with van der Waals surface area (Å²) in [5.74, 6) is -0.695. The van der Waals surface area contributed by atoms with E-state index in [-0.39, 0.29) is 12.3 Å². The average molecular weight is 629 g/mol. The number of aliphatic hydroxyl groups excluding tert-OH is 8. The van der Waals surface area contributed by atoms with Crippen LogP contribution in [0.25, 0.3) is 11.1 Å². The zero-order chi connectivity index (χ0) is 32.4. The summed E-state index contributed by atoms with van der Waals surface area (Å²) < 4.78 is 16.5. The first-order chi connectivity index (χ1) is 21.6. The van der Waals surface area contributed by atoms with Crippen molar-refractivity contribution in [2.75, 3.05) is 20.3 Å². The van der Waals surface area contributed by atoms with Gasteiger partial charge in [0.1, 0.15) is 61.0 Å². The van der Waals surface area contributed by atoms with Gasteiger partial charge in [0.2, 0.25) is 0 Å². The fourth-order valence-corrected chi connectivity index (χ4v) is 6.34. The minimum Gasteiger partial charge on any atom is -0.469 e. The van der Waals surface area contributed by atoms with Crippen molar-refractivity contribution in [3.8, 4) is 11.1 Å². The lowest BCUT2D eigenvalue weighted by Gasteiger charge is -2.42. The summed E-state index contributed by atoms with van der Waals surface area (Å²) in [5, 5.41) is 81.5. The van der Waals surface area contributed by atoms with Gasteiger partial charge in [-0.15, -0.1) is 0 Å². The van der Waals surface area contributed by atoms with Gasteiger partial charge in [0.15, 0.2) is 0 Å². The van der Waals surface area contributed by atoms with Crippen LogP contribution in [0, 0.1) is 0 Å². The summed E-state index contributed by atoms with van der Waals surface area (Å²) in [5.41, 5.74) is 4.15. The third-order valence-electron chi connectivity index (χ3n) is 8.91. The summed E-state index contributed by atoms with van der Waals surface area (Å²) in [4.78, 5) is 12.5. The molecule has 11 atom stereocenters. The van der Waals surface area contributed by atoms with E-state index in [1.807, 2.05) is 30.3 Å². The normalized spacial score (nSPS) is 35.1. The molecule has 2 saturated heterocycles. The summed E-state index contributed by atoms with van der Waals surface area (Å²) in [7, 11) is 1.30. The van der Waals surface area contributed by atoms with Gasteiger partial charge in [-0.1, -0.05) is 54.6 Å². The molecule has 12 heteroatoms. The van der Waals surface area contributed by atoms with Crippen molar-refractivity contribution in [1.82, 2.24) is 0 Å². The Hall–Kier alpha value is -3.01. The van der Waals surface area contributed by atoms with Gasteiger partial charge in [-0.05, 0) is 45.9 Å². The van der Waals surface area contributed by atoms with Gasteiger partial charge in [-0.25, -0.2) is 0 Å². The number of aliphatic hydroxyl groups is 8. The molecule has 3 aliphatic rings. The number of carbonyl (C=O) groups is 1. The number of ether oxygens (including phenoxy) is 3. The van der Waals surface area contributed by atoms with E-state index in [0.29, 0.717) is 23.1 Å². The Balaban J connectivity index is 1.43. The summed E-state index contributed by atoms with van der Waals surface area (Å²) >= 11 is 0. The Bertz CT molecular complexity index is 1400. The molecule has 2 fully saturated rings. The molecule has 5 rings (SSSR count). The van der Waals surface area contributed by atoms with Crippen LogP contribution in [0.1, 0.15) is 35.1 Å². The molecule has 2 aromatic carbocycles. The second kappa shape index (κ2) is 14.2. The fraction of sp³-hybridized carbons (Fsp3) is 0.485. The number of carbonyl (C=O) groups excluding carboxylic acids is 1. The maximum Gasteiger partial charge on any atom is 0.309 e.